The van der Waals surface area contributed by atoms with Crippen LogP contribution in [0, 0.1) is 0 Å². The van der Waals surface area contributed by atoms with Crippen molar-refractivity contribution in [1.82, 2.24) is 0 Å². The van der Waals surface area contributed by atoms with E-state index in [1.54, 1.807) is 55.5 Å². The van der Waals surface area contributed by atoms with Crippen molar-refractivity contribution in [3.63, 3.8) is 0 Å². The number of carbonyl (C=O) groups excluding carboxylic acids is 1. The van der Waals surface area contributed by atoms with Crippen molar-refractivity contribution in [2.24, 2.45) is 0 Å². The zero-order chi connectivity index (χ0) is 13.8. The summed E-state index contributed by atoms with van der Waals surface area (Å²) in [6.07, 6.45) is 0. The molecule has 4 heteroatoms. The number of rotatable bonds is 4. The summed E-state index contributed by atoms with van der Waals surface area (Å²) in [5.41, 5.74) is 1.74. The molecular formula is C16H15NaO3. The van der Waals surface area contributed by atoms with E-state index in [0.29, 0.717) is 16.7 Å². The molecule has 0 amide bonds. The van der Waals surface area contributed by atoms with Crippen LogP contribution in [-0.4, -0.2) is 46.4 Å². The first-order valence-electron chi connectivity index (χ1n) is 6.02. The topological polar surface area (TPSA) is 54.4 Å². The summed E-state index contributed by atoms with van der Waals surface area (Å²) in [6, 6.07) is 15.7. The predicted molar refractivity (Wildman–Crippen MR) is 79.5 cm³/mol. The Labute approximate surface area is 139 Å². The van der Waals surface area contributed by atoms with Crippen LogP contribution < -0.4 is 0 Å². The molecule has 0 aromatic heterocycles. The van der Waals surface area contributed by atoms with E-state index in [2.05, 4.69) is 0 Å². The van der Waals surface area contributed by atoms with Gasteiger partial charge in [-0.15, -0.1) is 0 Å². The molecule has 0 fully saturated rings. The minimum atomic E-state index is -0.899. The van der Waals surface area contributed by atoms with E-state index < -0.39 is 11.9 Å². The molecule has 20 heavy (non-hydrogen) atoms. The van der Waals surface area contributed by atoms with E-state index in [9.17, 15) is 9.59 Å². The molecule has 0 aliphatic rings. The van der Waals surface area contributed by atoms with Gasteiger partial charge in [0, 0.05) is 11.1 Å². The normalized spacial score (nSPS) is 11.2. The van der Waals surface area contributed by atoms with Crippen molar-refractivity contribution in [1.29, 1.82) is 0 Å². The van der Waals surface area contributed by atoms with Gasteiger partial charge in [0.25, 0.3) is 0 Å². The van der Waals surface area contributed by atoms with Gasteiger partial charge in [-0.3, -0.25) is 9.59 Å². The Morgan fingerprint density at radius 1 is 0.950 bits per heavy atom. The van der Waals surface area contributed by atoms with Crippen LogP contribution in [0.2, 0.25) is 0 Å². The third kappa shape index (κ3) is 3.79. The van der Waals surface area contributed by atoms with E-state index >= 15 is 0 Å². The second-order valence-corrected chi connectivity index (χ2v) is 4.38. The van der Waals surface area contributed by atoms with Crippen LogP contribution in [0.5, 0.6) is 0 Å². The van der Waals surface area contributed by atoms with Crippen molar-refractivity contribution in [2.75, 3.05) is 0 Å². The van der Waals surface area contributed by atoms with E-state index in [4.69, 9.17) is 5.11 Å². The number of hydrogen-bond donors (Lipinski definition) is 1. The fourth-order valence-corrected chi connectivity index (χ4v) is 1.85. The Bertz CT molecular complexity index is 608. The summed E-state index contributed by atoms with van der Waals surface area (Å²) < 4.78 is 0. The molecule has 2 aromatic carbocycles. The predicted octanol–water partition coefficient (Wildman–Crippen LogP) is 2.46. The molecule has 98 valence electrons. The quantitative estimate of drug-likeness (QED) is 0.690. The summed E-state index contributed by atoms with van der Waals surface area (Å²) in [5, 5.41) is 9.00. The van der Waals surface area contributed by atoms with Crippen molar-refractivity contribution < 1.29 is 14.7 Å². The van der Waals surface area contributed by atoms with Crippen molar-refractivity contribution in [3.8, 4) is 0 Å². The van der Waals surface area contributed by atoms with Gasteiger partial charge in [0.05, 0.1) is 5.92 Å². The van der Waals surface area contributed by atoms with Gasteiger partial charge in [0.2, 0.25) is 0 Å². The summed E-state index contributed by atoms with van der Waals surface area (Å²) >= 11 is 0. The maximum atomic E-state index is 12.2. The van der Waals surface area contributed by atoms with Gasteiger partial charge in [0.1, 0.15) is 0 Å². The fourth-order valence-electron chi connectivity index (χ4n) is 1.85. The average Bonchev–Trinajstić information content (AvgIpc) is 2.46. The molecule has 3 nitrogen and oxygen atoms in total. The van der Waals surface area contributed by atoms with E-state index in [1.165, 1.54) is 0 Å². The van der Waals surface area contributed by atoms with Gasteiger partial charge < -0.3 is 5.11 Å². The molecule has 0 heterocycles. The second kappa shape index (κ2) is 7.39. The van der Waals surface area contributed by atoms with Crippen LogP contribution in [0.1, 0.15) is 34.3 Å². The zero-order valence-electron chi connectivity index (χ0n) is 10.5. The van der Waals surface area contributed by atoms with Crippen LogP contribution in [0.25, 0.3) is 0 Å². The van der Waals surface area contributed by atoms with Crippen molar-refractivity contribution in [2.45, 2.75) is 12.8 Å². The summed E-state index contributed by atoms with van der Waals surface area (Å²) in [7, 11) is 0. The van der Waals surface area contributed by atoms with Crippen LogP contribution in [0.3, 0.4) is 0 Å². The SMILES string of the molecule is CC(C(=O)O)c1cccc(C(=O)c2ccccc2)c1.[NaH]. The Kier molecular flexibility index (Phi) is 6.14. The van der Waals surface area contributed by atoms with Crippen molar-refractivity contribution >= 4 is 41.3 Å². The molecule has 2 aromatic rings. The van der Waals surface area contributed by atoms with Gasteiger partial charge in [-0.1, -0.05) is 48.5 Å². The van der Waals surface area contributed by atoms with Gasteiger partial charge in [-0.05, 0) is 18.6 Å². The molecule has 0 aliphatic heterocycles. The minimum absolute atomic E-state index is 0. The maximum absolute atomic E-state index is 12.2. The molecule has 0 radical (unpaired) electrons. The Hall–Kier alpha value is -1.42. The molecule has 0 saturated carbocycles. The number of carboxylic acids is 1. The molecule has 1 N–H and O–H groups in total. The molecular weight excluding hydrogens is 263 g/mol. The number of benzene rings is 2. The third-order valence-electron chi connectivity index (χ3n) is 3.06. The Morgan fingerprint density at radius 3 is 2.15 bits per heavy atom. The van der Waals surface area contributed by atoms with Crippen molar-refractivity contribution in [3.05, 3.63) is 71.3 Å². The van der Waals surface area contributed by atoms with E-state index in [0.717, 1.165) is 0 Å². The molecule has 1 unspecified atom stereocenters. The first-order chi connectivity index (χ1) is 9.09. The number of carboxylic acid groups (broad SMARTS) is 1. The van der Waals surface area contributed by atoms with Gasteiger partial charge >= 0.3 is 35.5 Å². The standard InChI is InChI=1S/C16H14O3.Na.H/c1-11(16(18)19)13-8-5-9-14(10-13)15(17)12-6-3-2-4-7-12;;/h2-11H,1H3,(H,18,19);;. The van der Waals surface area contributed by atoms with Crippen LogP contribution >= 0.6 is 0 Å². The first kappa shape index (κ1) is 16.6. The van der Waals surface area contributed by atoms with Gasteiger partial charge in [-0.25, -0.2) is 0 Å². The fraction of sp³-hybridized carbons (Fsp3) is 0.125. The Balaban J connectivity index is 0.00000200. The Morgan fingerprint density at radius 2 is 1.55 bits per heavy atom. The van der Waals surface area contributed by atoms with Crippen LogP contribution in [0.4, 0.5) is 0 Å². The second-order valence-electron chi connectivity index (χ2n) is 4.38. The van der Waals surface area contributed by atoms with E-state index in [-0.39, 0.29) is 35.3 Å². The molecule has 0 spiro atoms. The number of carbonyl (C=O) groups is 2. The van der Waals surface area contributed by atoms with Gasteiger partial charge in [0.15, 0.2) is 5.78 Å². The van der Waals surface area contributed by atoms with E-state index in [1.807, 2.05) is 6.07 Å². The van der Waals surface area contributed by atoms with Gasteiger partial charge in [-0.2, -0.15) is 0 Å². The first-order valence-corrected chi connectivity index (χ1v) is 6.02. The molecule has 0 aliphatic carbocycles. The average molecular weight is 278 g/mol. The summed E-state index contributed by atoms with van der Waals surface area (Å²) in [4.78, 5) is 23.2. The number of aliphatic carboxylic acids is 1. The number of ketones is 1. The number of hydrogen-bond acceptors (Lipinski definition) is 2. The molecule has 0 bridgehead atoms. The third-order valence-corrected chi connectivity index (χ3v) is 3.06. The van der Waals surface area contributed by atoms with Crippen LogP contribution in [0.15, 0.2) is 54.6 Å². The molecule has 0 saturated heterocycles. The molecule has 2 rings (SSSR count). The molecule has 1 atom stereocenters. The monoisotopic (exact) mass is 278 g/mol. The zero-order valence-corrected chi connectivity index (χ0v) is 10.5. The summed E-state index contributed by atoms with van der Waals surface area (Å²) in [5.74, 6) is -1.62. The van der Waals surface area contributed by atoms with Crippen LogP contribution in [-0.2, 0) is 4.79 Å². The summed E-state index contributed by atoms with van der Waals surface area (Å²) in [6.45, 7) is 1.61.